The van der Waals surface area contributed by atoms with E-state index in [0.29, 0.717) is 22.4 Å². The van der Waals surface area contributed by atoms with Gasteiger partial charge in [-0.3, -0.25) is 14.4 Å². The monoisotopic (exact) mass is 616 g/mol. The summed E-state index contributed by atoms with van der Waals surface area (Å²) in [5, 5.41) is 3.07. The van der Waals surface area contributed by atoms with Crippen molar-refractivity contribution in [2.75, 3.05) is 10.2 Å². The van der Waals surface area contributed by atoms with Gasteiger partial charge in [0.25, 0.3) is 0 Å². The summed E-state index contributed by atoms with van der Waals surface area (Å²) >= 11 is 3.48. The second-order valence-electron chi connectivity index (χ2n) is 11.2. The standard InChI is InChI=1S/C36H29BrN2O3/c1-2-7-22-12-14-24(15-13-22)32(40)31-30-21-18-23-8-3-6-11-29(23)39(30)34(33(41)25-16-19-26(37)20-17-25)36(31)27-9-4-5-10-28(27)38-35(36)42/h3-6,8-21,30-31,34H,2,7H2,1H3,(H,38,42)/t30?,31-,34+,36+/m1/s1. The molecule has 1 N–H and O–H groups in total. The maximum Gasteiger partial charge on any atom is 0.238 e. The smallest absolute Gasteiger partial charge is 0.238 e. The first-order valence-electron chi connectivity index (χ1n) is 14.3. The number of hydrogen-bond acceptors (Lipinski definition) is 4. The van der Waals surface area contributed by atoms with Crippen LogP contribution in [0.15, 0.2) is 108 Å². The van der Waals surface area contributed by atoms with E-state index in [1.54, 1.807) is 12.1 Å². The summed E-state index contributed by atoms with van der Waals surface area (Å²) in [5.41, 5.74) is 3.85. The normalized spacial score (nSPS) is 23.3. The van der Waals surface area contributed by atoms with Crippen molar-refractivity contribution in [3.8, 4) is 0 Å². The number of Topliss-reactive ketones (excluding diaryl/α,β-unsaturated/α-hetero) is 2. The molecule has 1 spiro atoms. The summed E-state index contributed by atoms with van der Waals surface area (Å²) < 4.78 is 0.854. The molecule has 3 aliphatic rings. The van der Waals surface area contributed by atoms with Crippen molar-refractivity contribution in [1.29, 1.82) is 0 Å². The Hall–Kier alpha value is -4.29. The van der Waals surface area contributed by atoms with E-state index in [2.05, 4.69) is 28.2 Å². The number of nitrogens with zero attached hydrogens (tertiary/aromatic N) is 1. The Balaban J connectivity index is 1.49. The number of benzene rings is 4. The van der Waals surface area contributed by atoms with Crippen molar-refractivity contribution in [2.45, 2.75) is 37.3 Å². The molecule has 4 aromatic carbocycles. The van der Waals surface area contributed by atoms with Crippen molar-refractivity contribution < 1.29 is 14.4 Å². The first-order valence-corrected chi connectivity index (χ1v) is 15.1. The van der Waals surface area contributed by atoms with Crippen LogP contribution >= 0.6 is 15.9 Å². The molecule has 1 saturated heterocycles. The molecule has 1 unspecified atom stereocenters. The molecule has 7 rings (SSSR count). The van der Waals surface area contributed by atoms with E-state index >= 15 is 0 Å². The molecule has 208 valence electrons. The topological polar surface area (TPSA) is 66.5 Å². The molecule has 4 atom stereocenters. The van der Waals surface area contributed by atoms with Gasteiger partial charge < -0.3 is 10.2 Å². The number of carbonyl (C=O) groups is 3. The van der Waals surface area contributed by atoms with Gasteiger partial charge >= 0.3 is 0 Å². The van der Waals surface area contributed by atoms with Gasteiger partial charge in [-0.05, 0) is 47.4 Å². The van der Waals surface area contributed by atoms with E-state index in [1.807, 2.05) is 102 Å². The molecule has 0 aromatic heterocycles. The van der Waals surface area contributed by atoms with Crippen LogP contribution in [0.5, 0.6) is 0 Å². The van der Waals surface area contributed by atoms with Crippen molar-refractivity contribution in [3.05, 3.63) is 135 Å². The lowest BCUT2D eigenvalue weighted by Gasteiger charge is -2.37. The third kappa shape index (κ3) is 3.85. The number of para-hydroxylation sites is 2. The van der Waals surface area contributed by atoms with Crippen LogP contribution in [-0.4, -0.2) is 29.6 Å². The van der Waals surface area contributed by atoms with E-state index in [9.17, 15) is 14.4 Å². The van der Waals surface area contributed by atoms with Crippen molar-refractivity contribution in [1.82, 2.24) is 0 Å². The van der Waals surface area contributed by atoms with Crippen LogP contribution in [0, 0.1) is 5.92 Å². The maximum atomic E-state index is 14.8. The number of aryl methyl sites for hydroxylation is 1. The number of ketones is 2. The number of carbonyl (C=O) groups excluding carboxylic acids is 3. The summed E-state index contributed by atoms with van der Waals surface area (Å²) in [7, 11) is 0. The lowest BCUT2D eigenvalue weighted by molar-refractivity contribution is -0.121. The molecule has 3 aliphatic heterocycles. The number of anilines is 2. The van der Waals surface area contributed by atoms with E-state index < -0.39 is 23.4 Å². The number of rotatable bonds is 6. The SMILES string of the molecule is CCCc1ccc(C(=O)[C@H]2C3C=Cc4ccccc4N3[C@@H](C(=O)c3ccc(Br)cc3)[C@@]23C(=O)Nc2ccccc23)cc1. The van der Waals surface area contributed by atoms with Gasteiger partial charge in [-0.2, -0.15) is 0 Å². The Morgan fingerprint density at radius 1 is 0.857 bits per heavy atom. The number of hydrogen-bond donors (Lipinski definition) is 1. The van der Waals surface area contributed by atoms with Crippen LogP contribution in [0.25, 0.3) is 6.08 Å². The van der Waals surface area contributed by atoms with E-state index in [1.165, 1.54) is 0 Å². The predicted molar refractivity (Wildman–Crippen MR) is 169 cm³/mol. The fraction of sp³-hybridized carbons (Fsp3) is 0.194. The average Bonchev–Trinajstić information content (AvgIpc) is 3.49. The Labute approximate surface area is 253 Å². The lowest BCUT2D eigenvalue weighted by Crippen LogP contribution is -2.55. The molecule has 42 heavy (non-hydrogen) atoms. The molecule has 0 bridgehead atoms. The molecule has 4 aromatic rings. The molecule has 0 aliphatic carbocycles. The second kappa shape index (κ2) is 10.2. The molecule has 1 amide bonds. The summed E-state index contributed by atoms with van der Waals surface area (Å²) in [6.07, 6.45) is 5.95. The molecular formula is C36H29BrN2O3. The molecular weight excluding hydrogens is 588 g/mol. The lowest BCUT2D eigenvalue weighted by atomic mass is 9.63. The van der Waals surface area contributed by atoms with Gasteiger partial charge in [-0.25, -0.2) is 0 Å². The Morgan fingerprint density at radius 3 is 2.29 bits per heavy atom. The molecule has 0 saturated carbocycles. The average molecular weight is 618 g/mol. The van der Waals surface area contributed by atoms with E-state index in [-0.39, 0.29) is 17.5 Å². The third-order valence-electron chi connectivity index (χ3n) is 8.98. The summed E-state index contributed by atoms with van der Waals surface area (Å²) in [6, 6.07) is 28.9. The Kier molecular flexibility index (Phi) is 6.47. The zero-order valence-corrected chi connectivity index (χ0v) is 24.7. The molecule has 6 heteroatoms. The quantitative estimate of drug-likeness (QED) is 0.232. The molecule has 5 nitrogen and oxygen atoms in total. The van der Waals surface area contributed by atoms with Gasteiger partial charge in [0, 0.05) is 27.0 Å². The first-order chi connectivity index (χ1) is 20.4. The Bertz CT molecular complexity index is 1760. The highest BCUT2D eigenvalue weighted by atomic mass is 79.9. The second-order valence-corrected chi connectivity index (χ2v) is 12.2. The number of amides is 1. The maximum absolute atomic E-state index is 14.8. The van der Waals surface area contributed by atoms with Gasteiger partial charge in [0.15, 0.2) is 11.6 Å². The van der Waals surface area contributed by atoms with Crippen molar-refractivity contribution in [3.63, 3.8) is 0 Å². The summed E-state index contributed by atoms with van der Waals surface area (Å²) in [4.78, 5) is 46.1. The van der Waals surface area contributed by atoms with Gasteiger partial charge in [0.2, 0.25) is 5.91 Å². The number of fused-ring (bicyclic) bond motifs is 5. The highest BCUT2D eigenvalue weighted by Gasteiger charge is 2.70. The van der Waals surface area contributed by atoms with Crippen LogP contribution in [-0.2, 0) is 16.6 Å². The van der Waals surface area contributed by atoms with Gasteiger partial charge in [-0.15, -0.1) is 0 Å². The minimum atomic E-state index is -1.45. The highest BCUT2D eigenvalue weighted by Crippen LogP contribution is 2.58. The van der Waals surface area contributed by atoms with Gasteiger partial charge in [0.05, 0.1) is 12.0 Å². The van der Waals surface area contributed by atoms with Crippen molar-refractivity contribution in [2.24, 2.45) is 5.92 Å². The zero-order valence-electron chi connectivity index (χ0n) is 23.1. The summed E-state index contributed by atoms with van der Waals surface area (Å²) in [6.45, 7) is 2.13. The molecule has 0 radical (unpaired) electrons. The van der Waals surface area contributed by atoms with E-state index in [0.717, 1.165) is 34.1 Å². The number of nitrogens with one attached hydrogen (secondary N) is 1. The predicted octanol–water partition coefficient (Wildman–Crippen LogP) is 7.26. The fourth-order valence-electron chi connectivity index (χ4n) is 7.21. The van der Waals surface area contributed by atoms with Gasteiger partial charge in [0.1, 0.15) is 11.5 Å². The van der Waals surface area contributed by atoms with Gasteiger partial charge in [-0.1, -0.05) is 114 Å². The van der Waals surface area contributed by atoms with Crippen LogP contribution in [0.4, 0.5) is 11.4 Å². The highest BCUT2D eigenvalue weighted by molar-refractivity contribution is 9.10. The molecule has 3 heterocycles. The molecule has 1 fully saturated rings. The minimum absolute atomic E-state index is 0.143. The fourth-order valence-corrected chi connectivity index (χ4v) is 7.48. The van der Waals surface area contributed by atoms with E-state index in [4.69, 9.17) is 0 Å². The Morgan fingerprint density at radius 2 is 1.52 bits per heavy atom. The summed E-state index contributed by atoms with van der Waals surface area (Å²) in [5.74, 6) is -1.50. The van der Waals surface area contributed by atoms with Crippen molar-refractivity contribution >= 4 is 50.9 Å². The van der Waals surface area contributed by atoms with Crippen LogP contribution < -0.4 is 10.2 Å². The van der Waals surface area contributed by atoms with Crippen LogP contribution in [0.2, 0.25) is 0 Å². The largest absolute Gasteiger partial charge is 0.352 e. The first kappa shape index (κ1) is 26.6. The minimum Gasteiger partial charge on any atom is -0.352 e. The van der Waals surface area contributed by atoms with Crippen LogP contribution in [0.1, 0.15) is 50.8 Å². The zero-order chi connectivity index (χ0) is 29.0. The number of halogens is 1. The van der Waals surface area contributed by atoms with Crippen LogP contribution in [0.3, 0.4) is 0 Å². The third-order valence-corrected chi connectivity index (χ3v) is 9.51.